The van der Waals surface area contributed by atoms with Gasteiger partial charge in [-0.1, -0.05) is 0 Å². The van der Waals surface area contributed by atoms with Gasteiger partial charge in [-0.05, 0) is 61.4 Å². The van der Waals surface area contributed by atoms with E-state index in [-0.39, 0.29) is 5.84 Å². The first-order chi connectivity index (χ1) is 12.2. The second-order valence-electron chi connectivity index (χ2n) is 6.07. The molecule has 7 nitrogen and oxygen atoms in total. The normalized spacial score (nSPS) is 12.8. The largest absolute Gasteiger partial charge is 0.493 e. The van der Waals surface area contributed by atoms with Crippen molar-refractivity contribution in [3.05, 3.63) is 53.1 Å². The van der Waals surface area contributed by atoms with Crippen molar-refractivity contribution in [1.29, 1.82) is 5.41 Å². The van der Waals surface area contributed by atoms with Crippen LogP contribution in [-0.4, -0.2) is 31.1 Å². The van der Waals surface area contributed by atoms with Gasteiger partial charge in [-0.2, -0.15) is 0 Å². The number of nitrogens with one attached hydrogen (secondary N) is 2. The van der Waals surface area contributed by atoms with E-state index in [2.05, 4.69) is 5.32 Å². The fourth-order valence-corrected chi connectivity index (χ4v) is 2.78. The van der Waals surface area contributed by atoms with E-state index in [1.54, 1.807) is 43.3 Å². The van der Waals surface area contributed by atoms with Gasteiger partial charge in [0.2, 0.25) is 0 Å². The van der Waals surface area contributed by atoms with E-state index in [4.69, 9.17) is 20.6 Å². The summed E-state index contributed by atoms with van der Waals surface area (Å²) in [5, 5.41) is 20.4. The molecule has 0 fully saturated rings. The van der Waals surface area contributed by atoms with Crippen LogP contribution in [-0.2, 0) is 10.3 Å². The Kier molecular flexibility index (Phi) is 5.40. The molecule has 1 atom stereocenters. The number of hydrogen-bond acceptors (Lipinski definition) is 5. The SMILES string of the molecule is COc1cc(C)c(C(C)(Nc2ccc(C(=N)N)cc2)C(=O)O)cc1OC. The first-order valence-electron chi connectivity index (χ1n) is 7.92. The second kappa shape index (κ2) is 7.35. The Morgan fingerprint density at radius 2 is 1.69 bits per heavy atom. The predicted octanol–water partition coefficient (Wildman–Crippen LogP) is 2.71. The number of nitrogens with two attached hydrogens (primary N) is 1. The molecule has 0 heterocycles. The molecule has 0 saturated carbocycles. The Bertz CT molecular complexity index is 833. The third kappa shape index (κ3) is 3.56. The number of aliphatic carboxylic acids is 1. The summed E-state index contributed by atoms with van der Waals surface area (Å²) in [6.45, 7) is 3.40. The number of aryl methyl sites for hydroxylation is 1. The average Bonchev–Trinajstić information content (AvgIpc) is 2.61. The number of carbonyl (C=O) groups is 1. The van der Waals surface area contributed by atoms with Crippen LogP contribution in [0.4, 0.5) is 5.69 Å². The number of carboxylic acids is 1. The molecule has 26 heavy (non-hydrogen) atoms. The van der Waals surface area contributed by atoms with Gasteiger partial charge in [0.25, 0.3) is 0 Å². The third-order valence-electron chi connectivity index (χ3n) is 4.29. The number of carboxylic acid groups (broad SMARTS) is 1. The fraction of sp³-hybridized carbons (Fsp3) is 0.263. The summed E-state index contributed by atoms with van der Waals surface area (Å²) in [5.41, 5.74) is 6.51. The standard InChI is InChI=1S/C19H23N3O4/c1-11-9-15(25-3)16(26-4)10-14(11)19(2,18(23)24)22-13-7-5-12(6-8-13)17(20)21/h5-10,22H,1-4H3,(H3,20,21)(H,23,24). The zero-order valence-electron chi connectivity index (χ0n) is 15.2. The lowest BCUT2D eigenvalue weighted by Gasteiger charge is -2.30. The molecular weight excluding hydrogens is 334 g/mol. The number of hydrogen-bond donors (Lipinski definition) is 4. The molecule has 7 heteroatoms. The molecule has 2 aromatic carbocycles. The van der Waals surface area contributed by atoms with Gasteiger partial charge in [0, 0.05) is 11.3 Å². The summed E-state index contributed by atoms with van der Waals surface area (Å²) in [4.78, 5) is 12.1. The van der Waals surface area contributed by atoms with Crippen molar-refractivity contribution in [3.63, 3.8) is 0 Å². The Balaban J connectivity index is 2.50. The molecule has 0 aliphatic carbocycles. The van der Waals surface area contributed by atoms with E-state index >= 15 is 0 Å². The van der Waals surface area contributed by atoms with Crippen LogP contribution in [0.15, 0.2) is 36.4 Å². The number of nitrogen functional groups attached to an aromatic ring is 1. The van der Waals surface area contributed by atoms with Gasteiger partial charge in [0.05, 0.1) is 14.2 Å². The van der Waals surface area contributed by atoms with Crippen molar-refractivity contribution in [2.24, 2.45) is 5.73 Å². The highest BCUT2D eigenvalue weighted by Gasteiger charge is 2.37. The molecule has 0 radical (unpaired) electrons. The van der Waals surface area contributed by atoms with E-state index in [1.165, 1.54) is 14.2 Å². The molecule has 138 valence electrons. The van der Waals surface area contributed by atoms with Crippen LogP contribution in [0.25, 0.3) is 0 Å². The number of amidine groups is 1. The van der Waals surface area contributed by atoms with Crippen molar-refractivity contribution in [2.45, 2.75) is 19.4 Å². The second-order valence-corrected chi connectivity index (χ2v) is 6.07. The highest BCUT2D eigenvalue weighted by molar-refractivity contribution is 5.95. The highest BCUT2D eigenvalue weighted by atomic mass is 16.5. The van der Waals surface area contributed by atoms with E-state index in [0.717, 1.165) is 5.56 Å². The van der Waals surface area contributed by atoms with Crippen molar-refractivity contribution in [1.82, 2.24) is 0 Å². The van der Waals surface area contributed by atoms with Gasteiger partial charge in [0.15, 0.2) is 17.0 Å². The Labute approximate surface area is 152 Å². The number of methoxy groups -OCH3 is 2. The van der Waals surface area contributed by atoms with E-state index in [0.29, 0.717) is 28.3 Å². The van der Waals surface area contributed by atoms with Gasteiger partial charge < -0.3 is 25.6 Å². The predicted molar refractivity (Wildman–Crippen MR) is 100 cm³/mol. The van der Waals surface area contributed by atoms with Gasteiger partial charge >= 0.3 is 5.97 Å². The lowest BCUT2D eigenvalue weighted by atomic mass is 9.87. The fourth-order valence-electron chi connectivity index (χ4n) is 2.78. The zero-order valence-corrected chi connectivity index (χ0v) is 15.2. The number of anilines is 1. The van der Waals surface area contributed by atoms with Crippen LogP contribution in [0.1, 0.15) is 23.6 Å². The van der Waals surface area contributed by atoms with Crippen molar-refractivity contribution >= 4 is 17.5 Å². The van der Waals surface area contributed by atoms with Crippen LogP contribution in [0.2, 0.25) is 0 Å². The molecule has 0 aliphatic rings. The minimum absolute atomic E-state index is 0.0479. The van der Waals surface area contributed by atoms with E-state index < -0.39 is 11.5 Å². The summed E-state index contributed by atoms with van der Waals surface area (Å²) < 4.78 is 10.6. The van der Waals surface area contributed by atoms with E-state index in [1.807, 2.05) is 6.92 Å². The topological polar surface area (TPSA) is 118 Å². The molecule has 0 saturated heterocycles. The van der Waals surface area contributed by atoms with Crippen LogP contribution >= 0.6 is 0 Å². The number of rotatable bonds is 7. The van der Waals surface area contributed by atoms with E-state index in [9.17, 15) is 9.90 Å². The lowest BCUT2D eigenvalue weighted by Crippen LogP contribution is -2.41. The Hall–Kier alpha value is -3.22. The molecule has 0 bridgehead atoms. The minimum Gasteiger partial charge on any atom is -0.493 e. The molecule has 0 amide bonds. The lowest BCUT2D eigenvalue weighted by molar-refractivity contribution is -0.142. The van der Waals surface area contributed by atoms with Gasteiger partial charge in [-0.25, -0.2) is 4.79 Å². The number of benzene rings is 2. The highest BCUT2D eigenvalue weighted by Crippen LogP contribution is 2.37. The van der Waals surface area contributed by atoms with Crippen molar-refractivity contribution in [3.8, 4) is 11.5 Å². The summed E-state index contributed by atoms with van der Waals surface area (Å²) in [7, 11) is 3.03. The number of ether oxygens (including phenoxy) is 2. The first kappa shape index (κ1) is 19.1. The molecule has 1 unspecified atom stereocenters. The van der Waals surface area contributed by atoms with Crippen molar-refractivity contribution in [2.75, 3.05) is 19.5 Å². The summed E-state index contributed by atoms with van der Waals surface area (Å²) >= 11 is 0. The molecule has 0 spiro atoms. The maximum atomic E-state index is 12.1. The maximum Gasteiger partial charge on any atom is 0.333 e. The van der Waals surface area contributed by atoms with Crippen LogP contribution in [0, 0.1) is 12.3 Å². The summed E-state index contributed by atoms with van der Waals surface area (Å²) in [6, 6.07) is 10.1. The smallest absolute Gasteiger partial charge is 0.333 e. The van der Waals surface area contributed by atoms with Gasteiger partial charge in [-0.15, -0.1) is 0 Å². The Morgan fingerprint density at radius 1 is 1.15 bits per heavy atom. The van der Waals surface area contributed by atoms with Crippen molar-refractivity contribution < 1.29 is 19.4 Å². The molecule has 0 aromatic heterocycles. The summed E-state index contributed by atoms with van der Waals surface area (Å²) in [6.07, 6.45) is 0. The van der Waals surface area contributed by atoms with Crippen LogP contribution in [0.5, 0.6) is 11.5 Å². The van der Waals surface area contributed by atoms with Gasteiger partial charge in [0.1, 0.15) is 5.84 Å². The van der Waals surface area contributed by atoms with Crippen LogP contribution < -0.4 is 20.5 Å². The first-order valence-corrected chi connectivity index (χ1v) is 7.92. The third-order valence-corrected chi connectivity index (χ3v) is 4.29. The van der Waals surface area contributed by atoms with Gasteiger partial charge in [-0.3, -0.25) is 5.41 Å². The molecule has 0 aliphatic heterocycles. The average molecular weight is 357 g/mol. The quantitative estimate of drug-likeness (QED) is 0.447. The minimum atomic E-state index is -1.40. The monoisotopic (exact) mass is 357 g/mol. The molecule has 2 aromatic rings. The van der Waals surface area contributed by atoms with Crippen LogP contribution in [0.3, 0.4) is 0 Å². The zero-order chi connectivity index (χ0) is 19.5. The molecular formula is C19H23N3O4. The molecule has 5 N–H and O–H groups in total. The Morgan fingerprint density at radius 3 is 2.15 bits per heavy atom. The maximum absolute atomic E-state index is 12.1. The molecule has 2 rings (SSSR count). The summed E-state index contributed by atoms with van der Waals surface area (Å²) in [5.74, 6) is -0.0988.